The van der Waals surface area contributed by atoms with Crippen LogP contribution in [0.5, 0.6) is 5.75 Å². The van der Waals surface area contributed by atoms with E-state index in [9.17, 15) is 0 Å². The lowest BCUT2D eigenvalue weighted by atomic mass is 9.77. The van der Waals surface area contributed by atoms with Crippen molar-refractivity contribution in [1.29, 1.82) is 0 Å². The van der Waals surface area contributed by atoms with Crippen molar-refractivity contribution < 1.29 is 4.74 Å². The first-order valence-electron chi connectivity index (χ1n) is 13.1. The molecule has 1 heteroatoms. The fourth-order valence-corrected chi connectivity index (χ4v) is 4.56. The Bertz CT molecular complexity index is 724. The van der Waals surface area contributed by atoms with Gasteiger partial charge in [0.05, 0.1) is 0 Å². The lowest BCUT2D eigenvalue weighted by Crippen LogP contribution is -2.21. The van der Waals surface area contributed by atoms with Crippen LogP contribution in [-0.2, 0) is 17.3 Å². The minimum Gasteiger partial charge on any atom is -0.461 e. The molecule has 0 amide bonds. The van der Waals surface area contributed by atoms with Gasteiger partial charge in [-0.05, 0) is 46.8 Å². The van der Waals surface area contributed by atoms with Gasteiger partial charge >= 0.3 is 0 Å². The largest absolute Gasteiger partial charge is 0.461 e. The predicted molar refractivity (Wildman–Crippen MR) is 137 cm³/mol. The van der Waals surface area contributed by atoms with Gasteiger partial charge in [0.1, 0.15) is 11.5 Å². The number of ether oxygens (including phenoxy) is 1. The van der Waals surface area contributed by atoms with E-state index in [0.29, 0.717) is 0 Å². The zero-order valence-electron chi connectivity index (χ0n) is 22.0. The van der Waals surface area contributed by atoms with Crippen LogP contribution in [0.2, 0.25) is 0 Å². The van der Waals surface area contributed by atoms with Gasteiger partial charge in [0.25, 0.3) is 0 Å². The van der Waals surface area contributed by atoms with E-state index in [1.807, 2.05) is 0 Å². The maximum Gasteiger partial charge on any atom is 0.134 e. The topological polar surface area (TPSA) is 9.23 Å². The van der Waals surface area contributed by atoms with Gasteiger partial charge in [-0.2, -0.15) is 0 Å². The van der Waals surface area contributed by atoms with Gasteiger partial charge < -0.3 is 4.74 Å². The summed E-state index contributed by atoms with van der Waals surface area (Å²) in [6.45, 7) is 18.5. The number of benzene rings is 1. The first-order valence-corrected chi connectivity index (χ1v) is 13.1. The molecule has 1 aromatic carbocycles. The number of hydrogen-bond acceptors (Lipinski definition) is 1. The third-order valence-electron chi connectivity index (χ3n) is 6.70. The summed E-state index contributed by atoms with van der Waals surface area (Å²) in [6.07, 6.45) is 15.3. The van der Waals surface area contributed by atoms with E-state index >= 15 is 0 Å². The van der Waals surface area contributed by atoms with E-state index in [4.69, 9.17) is 4.74 Å². The molecule has 0 aliphatic carbocycles. The molecular weight excluding hydrogens is 376 g/mol. The number of rotatable bonds is 11. The van der Waals surface area contributed by atoms with Crippen LogP contribution in [-0.4, -0.2) is 0 Å². The monoisotopic (exact) mass is 426 g/mol. The molecule has 1 nitrogen and oxygen atoms in total. The average Bonchev–Trinajstić information content (AvgIpc) is 2.68. The highest BCUT2D eigenvalue weighted by atomic mass is 16.5. The summed E-state index contributed by atoms with van der Waals surface area (Å²) in [5, 5.41) is 0. The first-order chi connectivity index (χ1) is 14.6. The standard InChI is InChI=1S/C30H50O/c1-9-11-13-15-16-18-23-20-24-21-25(29(3,4)5)22-26(30(6,7)8)28(24)31-27(23)19-17-14-12-10-2/h21-22H,9-20H2,1-8H3. The Morgan fingerprint density at radius 1 is 0.710 bits per heavy atom. The van der Waals surface area contributed by atoms with Gasteiger partial charge in [-0.3, -0.25) is 0 Å². The molecule has 2 rings (SSSR count). The van der Waals surface area contributed by atoms with Gasteiger partial charge in [0.15, 0.2) is 0 Å². The van der Waals surface area contributed by atoms with Crippen molar-refractivity contribution in [3.8, 4) is 5.75 Å². The summed E-state index contributed by atoms with van der Waals surface area (Å²) in [7, 11) is 0. The Labute approximate surface area is 194 Å². The average molecular weight is 427 g/mol. The van der Waals surface area contributed by atoms with Crippen LogP contribution >= 0.6 is 0 Å². The number of unbranched alkanes of at least 4 members (excludes halogenated alkanes) is 7. The molecule has 0 radical (unpaired) electrons. The molecule has 176 valence electrons. The molecule has 1 heterocycles. The molecule has 0 unspecified atom stereocenters. The second-order valence-corrected chi connectivity index (χ2v) is 11.8. The fourth-order valence-electron chi connectivity index (χ4n) is 4.56. The third kappa shape index (κ3) is 7.69. The zero-order valence-corrected chi connectivity index (χ0v) is 22.0. The van der Waals surface area contributed by atoms with Gasteiger partial charge in [0, 0.05) is 18.4 Å². The van der Waals surface area contributed by atoms with Crippen LogP contribution < -0.4 is 4.74 Å². The van der Waals surface area contributed by atoms with E-state index in [1.165, 1.54) is 92.4 Å². The van der Waals surface area contributed by atoms with Crippen LogP contribution in [0, 0.1) is 0 Å². The van der Waals surface area contributed by atoms with E-state index in [0.717, 1.165) is 12.8 Å². The van der Waals surface area contributed by atoms with E-state index < -0.39 is 0 Å². The van der Waals surface area contributed by atoms with Crippen molar-refractivity contribution in [3.63, 3.8) is 0 Å². The van der Waals surface area contributed by atoms with Crippen molar-refractivity contribution in [3.05, 3.63) is 40.2 Å². The van der Waals surface area contributed by atoms with Crippen LogP contribution in [0.1, 0.15) is 143 Å². The Morgan fingerprint density at radius 3 is 1.87 bits per heavy atom. The normalized spacial score (nSPS) is 14.6. The van der Waals surface area contributed by atoms with Crippen molar-refractivity contribution in [2.45, 2.75) is 143 Å². The Hall–Kier alpha value is -1.24. The van der Waals surface area contributed by atoms with Crippen LogP contribution in [0.3, 0.4) is 0 Å². The fraction of sp³-hybridized carbons (Fsp3) is 0.733. The third-order valence-corrected chi connectivity index (χ3v) is 6.70. The molecule has 0 atom stereocenters. The molecule has 0 aromatic heterocycles. The summed E-state index contributed by atoms with van der Waals surface area (Å²) in [4.78, 5) is 0. The molecule has 0 spiro atoms. The highest BCUT2D eigenvalue weighted by Crippen LogP contribution is 2.43. The molecule has 1 aromatic rings. The van der Waals surface area contributed by atoms with E-state index in [-0.39, 0.29) is 10.8 Å². The Morgan fingerprint density at radius 2 is 1.29 bits per heavy atom. The molecule has 0 saturated heterocycles. The molecule has 0 N–H and O–H groups in total. The highest BCUT2D eigenvalue weighted by Gasteiger charge is 2.29. The van der Waals surface area contributed by atoms with Gasteiger partial charge in [0.2, 0.25) is 0 Å². The Kier molecular flexibility index (Phi) is 9.71. The predicted octanol–water partition coefficient (Wildman–Crippen LogP) is 9.80. The second-order valence-electron chi connectivity index (χ2n) is 11.8. The summed E-state index contributed by atoms with van der Waals surface area (Å²) in [5.41, 5.74) is 6.04. The van der Waals surface area contributed by atoms with Gasteiger partial charge in [-0.15, -0.1) is 0 Å². The SMILES string of the molecule is CCCCCCCC1=C(CCCCCC)Oc2c(cc(C(C)(C)C)cc2C(C)(C)C)C1. The molecule has 0 saturated carbocycles. The molecule has 0 bridgehead atoms. The summed E-state index contributed by atoms with van der Waals surface area (Å²) in [5.74, 6) is 2.47. The smallest absolute Gasteiger partial charge is 0.134 e. The lowest BCUT2D eigenvalue weighted by Gasteiger charge is -2.33. The number of fused-ring (bicyclic) bond motifs is 1. The molecular formula is C30H50O. The molecule has 31 heavy (non-hydrogen) atoms. The minimum absolute atomic E-state index is 0.0797. The maximum atomic E-state index is 6.81. The lowest BCUT2D eigenvalue weighted by molar-refractivity contribution is 0.356. The first kappa shape index (κ1) is 26.0. The van der Waals surface area contributed by atoms with Crippen molar-refractivity contribution in [2.75, 3.05) is 0 Å². The van der Waals surface area contributed by atoms with E-state index in [2.05, 4.69) is 67.5 Å². The van der Waals surface area contributed by atoms with Crippen molar-refractivity contribution in [1.82, 2.24) is 0 Å². The van der Waals surface area contributed by atoms with Gasteiger partial charge in [-0.1, -0.05) is 112 Å². The van der Waals surface area contributed by atoms with Crippen LogP contribution in [0.15, 0.2) is 23.5 Å². The van der Waals surface area contributed by atoms with Crippen molar-refractivity contribution >= 4 is 0 Å². The van der Waals surface area contributed by atoms with Crippen LogP contribution in [0.25, 0.3) is 0 Å². The van der Waals surface area contributed by atoms with E-state index in [1.54, 1.807) is 5.57 Å². The zero-order chi connectivity index (χ0) is 23.1. The quantitative estimate of drug-likeness (QED) is 0.320. The van der Waals surface area contributed by atoms with Crippen LogP contribution in [0.4, 0.5) is 0 Å². The molecule has 0 fully saturated rings. The summed E-state index contributed by atoms with van der Waals surface area (Å²) in [6, 6.07) is 4.86. The second kappa shape index (κ2) is 11.6. The number of allylic oxidation sites excluding steroid dienone is 2. The number of hydrogen-bond donors (Lipinski definition) is 0. The minimum atomic E-state index is 0.0797. The highest BCUT2D eigenvalue weighted by molar-refractivity contribution is 5.53. The van der Waals surface area contributed by atoms with Gasteiger partial charge in [-0.25, -0.2) is 0 Å². The molecule has 1 aliphatic rings. The molecule has 1 aliphatic heterocycles. The maximum absolute atomic E-state index is 6.81. The summed E-state index contributed by atoms with van der Waals surface area (Å²) >= 11 is 0. The van der Waals surface area contributed by atoms with Crippen molar-refractivity contribution in [2.24, 2.45) is 0 Å². The Balaban J connectivity index is 2.33. The summed E-state index contributed by atoms with van der Waals surface area (Å²) < 4.78 is 6.81.